The van der Waals surface area contributed by atoms with Gasteiger partial charge in [0.15, 0.2) is 0 Å². The van der Waals surface area contributed by atoms with Crippen LogP contribution >= 0.6 is 0 Å². The predicted molar refractivity (Wildman–Crippen MR) is 62.1 cm³/mol. The van der Waals surface area contributed by atoms with E-state index in [1.807, 2.05) is 0 Å². The smallest absolute Gasteiger partial charge is 0.237 e. The van der Waals surface area contributed by atoms with Crippen LogP contribution in [-0.4, -0.2) is 47.2 Å². The number of hydrogen-bond acceptors (Lipinski definition) is 5. The topological polar surface area (TPSA) is 95.1 Å². The van der Waals surface area contributed by atoms with Gasteiger partial charge in [-0.3, -0.25) is 9.48 Å². The molecule has 0 aliphatic heterocycles. The molecule has 0 aliphatic rings. The second kappa shape index (κ2) is 7.75. The zero-order valence-corrected chi connectivity index (χ0v) is 10.0. The first-order valence-corrected chi connectivity index (χ1v) is 5.60. The van der Waals surface area contributed by atoms with E-state index in [-0.39, 0.29) is 5.91 Å². The van der Waals surface area contributed by atoms with Crippen molar-refractivity contribution in [2.75, 3.05) is 20.3 Å². The minimum Gasteiger partial charge on any atom is -0.385 e. The SMILES string of the molecule is COCCC(N)C(=O)NCCCn1ccnn1. The Bertz CT molecular complexity index is 315. The second-order valence-electron chi connectivity index (χ2n) is 3.70. The number of aryl methyl sites for hydroxylation is 1. The van der Waals surface area contributed by atoms with Crippen LogP contribution in [0.3, 0.4) is 0 Å². The number of nitrogens with zero attached hydrogens (tertiary/aromatic N) is 3. The number of carbonyl (C=O) groups excluding carboxylic acids is 1. The molecule has 96 valence electrons. The summed E-state index contributed by atoms with van der Waals surface area (Å²) in [6, 6.07) is -0.499. The van der Waals surface area contributed by atoms with E-state index in [4.69, 9.17) is 10.5 Å². The summed E-state index contributed by atoms with van der Waals surface area (Å²) in [5.74, 6) is -0.138. The summed E-state index contributed by atoms with van der Waals surface area (Å²) in [5, 5.41) is 10.3. The Kier molecular flexibility index (Phi) is 6.19. The first-order chi connectivity index (χ1) is 8.24. The van der Waals surface area contributed by atoms with Crippen molar-refractivity contribution >= 4 is 5.91 Å². The summed E-state index contributed by atoms with van der Waals surface area (Å²) in [4.78, 5) is 11.5. The average Bonchev–Trinajstić information content (AvgIpc) is 2.84. The highest BCUT2D eigenvalue weighted by molar-refractivity contribution is 5.81. The van der Waals surface area contributed by atoms with Gasteiger partial charge in [0.1, 0.15) is 0 Å². The number of hydrogen-bond donors (Lipinski definition) is 2. The minimum absolute atomic E-state index is 0.138. The van der Waals surface area contributed by atoms with Crippen LogP contribution < -0.4 is 11.1 Å². The Labute approximate surface area is 100 Å². The third kappa shape index (κ3) is 5.41. The fraction of sp³-hybridized carbons (Fsp3) is 0.700. The molecule has 7 heteroatoms. The van der Waals surface area contributed by atoms with Gasteiger partial charge in [-0.15, -0.1) is 5.10 Å². The van der Waals surface area contributed by atoms with Crippen molar-refractivity contribution in [2.45, 2.75) is 25.4 Å². The molecule has 0 fully saturated rings. The first kappa shape index (κ1) is 13.6. The summed E-state index contributed by atoms with van der Waals surface area (Å²) >= 11 is 0. The molecule has 0 spiro atoms. The Morgan fingerprint density at radius 3 is 3.12 bits per heavy atom. The Morgan fingerprint density at radius 2 is 2.47 bits per heavy atom. The monoisotopic (exact) mass is 241 g/mol. The molecule has 0 radical (unpaired) electrons. The van der Waals surface area contributed by atoms with E-state index in [1.165, 1.54) is 0 Å². The van der Waals surface area contributed by atoms with E-state index in [9.17, 15) is 4.79 Å². The summed E-state index contributed by atoms with van der Waals surface area (Å²) < 4.78 is 6.58. The number of ether oxygens (including phenoxy) is 1. The molecule has 0 aromatic carbocycles. The Morgan fingerprint density at radius 1 is 1.65 bits per heavy atom. The molecule has 0 aliphatic carbocycles. The maximum absolute atomic E-state index is 11.5. The zero-order valence-electron chi connectivity index (χ0n) is 10.0. The molecule has 1 atom stereocenters. The lowest BCUT2D eigenvalue weighted by molar-refractivity contribution is -0.122. The highest BCUT2D eigenvalue weighted by Crippen LogP contribution is 1.90. The van der Waals surface area contributed by atoms with Gasteiger partial charge in [-0.25, -0.2) is 0 Å². The number of nitrogens with one attached hydrogen (secondary N) is 1. The third-order valence-corrected chi connectivity index (χ3v) is 2.30. The van der Waals surface area contributed by atoms with Crippen LogP contribution in [0.4, 0.5) is 0 Å². The lowest BCUT2D eigenvalue weighted by Gasteiger charge is -2.11. The average molecular weight is 241 g/mol. The number of nitrogens with two attached hydrogens (primary N) is 1. The minimum atomic E-state index is -0.499. The van der Waals surface area contributed by atoms with Crippen molar-refractivity contribution in [1.82, 2.24) is 20.3 Å². The summed E-state index contributed by atoms with van der Waals surface area (Å²) in [5.41, 5.74) is 5.66. The van der Waals surface area contributed by atoms with Crippen LogP contribution in [0.25, 0.3) is 0 Å². The molecule has 1 aromatic heterocycles. The molecule has 0 bridgehead atoms. The molecular formula is C10H19N5O2. The molecular weight excluding hydrogens is 222 g/mol. The first-order valence-electron chi connectivity index (χ1n) is 5.60. The van der Waals surface area contributed by atoms with E-state index in [0.717, 1.165) is 13.0 Å². The van der Waals surface area contributed by atoms with Gasteiger partial charge in [0, 0.05) is 33.0 Å². The summed E-state index contributed by atoms with van der Waals surface area (Å²) in [7, 11) is 1.59. The lowest BCUT2D eigenvalue weighted by atomic mass is 10.2. The van der Waals surface area contributed by atoms with E-state index in [0.29, 0.717) is 19.6 Å². The molecule has 17 heavy (non-hydrogen) atoms. The molecule has 1 amide bonds. The quantitative estimate of drug-likeness (QED) is 0.578. The maximum Gasteiger partial charge on any atom is 0.237 e. The normalized spacial score (nSPS) is 12.4. The number of rotatable bonds is 8. The molecule has 1 aromatic rings. The van der Waals surface area contributed by atoms with Crippen molar-refractivity contribution in [2.24, 2.45) is 5.73 Å². The standard InChI is InChI=1S/C10H19N5O2/c1-17-8-3-9(11)10(16)12-4-2-6-15-7-5-13-14-15/h5,7,9H,2-4,6,8,11H2,1H3,(H,12,16). The van der Waals surface area contributed by atoms with Crippen molar-refractivity contribution in [1.29, 1.82) is 0 Å². The number of aromatic nitrogens is 3. The van der Waals surface area contributed by atoms with Crippen molar-refractivity contribution in [3.05, 3.63) is 12.4 Å². The lowest BCUT2D eigenvalue weighted by Crippen LogP contribution is -2.41. The van der Waals surface area contributed by atoms with Crippen LogP contribution in [0.1, 0.15) is 12.8 Å². The fourth-order valence-corrected chi connectivity index (χ4v) is 1.31. The molecule has 1 unspecified atom stereocenters. The largest absolute Gasteiger partial charge is 0.385 e. The molecule has 3 N–H and O–H groups in total. The van der Waals surface area contributed by atoms with Gasteiger partial charge in [0.05, 0.1) is 12.2 Å². The molecule has 1 heterocycles. The van der Waals surface area contributed by atoms with Crippen molar-refractivity contribution in [3.8, 4) is 0 Å². The Hall–Kier alpha value is -1.47. The number of amides is 1. The highest BCUT2D eigenvalue weighted by Gasteiger charge is 2.11. The van der Waals surface area contributed by atoms with Gasteiger partial charge in [-0.2, -0.15) is 0 Å². The van der Waals surface area contributed by atoms with E-state index in [1.54, 1.807) is 24.2 Å². The van der Waals surface area contributed by atoms with E-state index < -0.39 is 6.04 Å². The van der Waals surface area contributed by atoms with Crippen LogP contribution in [0.15, 0.2) is 12.4 Å². The molecule has 1 rings (SSSR count). The van der Waals surface area contributed by atoms with E-state index >= 15 is 0 Å². The van der Waals surface area contributed by atoms with Crippen molar-refractivity contribution in [3.63, 3.8) is 0 Å². The van der Waals surface area contributed by atoms with Gasteiger partial charge in [-0.1, -0.05) is 5.21 Å². The predicted octanol–water partition coefficient (Wildman–Crippen LogP) is -0.852. The van der Waals surface area contributed by atoms with Crippen LogP contribution in [0, 0.1) is 0 Å². The van der Waals surface area contributed by atoms with Gasteiger partial charge >= 0.3 is 0 Å². The van der Waals surface area contributed by atoms with Crippen molar-refractivity contribution < 1.29 is 9.53 Å². The molecule has 0 saturated carbocycles. The number of methoxy groups -OCH3 is 1. The van der Waals surface area contributed by atoms with Crippen LogP contribution in [0.5, 0.6) is 0 Å². The highest BCUT2D eigenvalue weighted by atomic mass is 16.5. The van der Waals surface area contributed by atoms with Crippen LogP contribution in [0.2, 0.25) is 0 Å². The fourth-order valence-electron chi connectivity index (χ4n) is 1.31. The maximum atomic E-state index is 11.5. The number of carbonyl (C=O) groups is 1. The zero-order chi connectivity index (χ0) is 12.5. The third-order valence-electron chi connectivity index (χ3n) is 2.30. The molecule has 0 saturated heterocycles. The molecule has 7 nitrogen and oxygen atoms in total. The second-order valence-corrected chi connectivity index (χ2v) is 3.70. The van der Waals surface area contributed by atoms with Crippen LogP contribution in [-0.2, 0) is 16.1 Å². The Balaban J connectivity index is 2.07. The van der Waals surface area contributed by atoms with Gasteiger partial charge < -0.3 is 15.8 Å². The van der Waals surface area contributed by atoms with Gasteiger partial charge in [-0.05, 0) is 12.8 Å². The van der Waals surface area contributed by atoms with E-state index in [2.05, 4.69) is 15.6 Å². The van der Waals surface area contributed by atoms with Gasteiger partial charge in [0.25, 0.3) is 0 Å². The summed E-state index contributed by atoms with van der Waals surface area (Å²) in [6.07, 6.45) is 4.74. The summed E-state index contributed by atoms with van der Waals surface area (Å²) in [6.45, 7) is 1.81. The van der Waals surface area contributed by atoms with Gasteiger partial charge in [0.2, 0.25) is 5.91 Å².